The highest BCUT2D eigenvalue weighted by atomic mass is 19.4. The molecule has 0 saturated carbocycles. The smallest absolute Gasteiger partial charge is 0.416 e. The van der Waals surface area contributed by atoms with Gasteiger partial charge < -0.3 is 19.3 Å². The van der Waals surface area contributed by atoms with Crippen molar-refractivity contribution in [2.45, 2.75) is 19.5 Å². The second kappa shape index (κ2) is 12.1. The van der Waals surface area contributed by atoms with Crippen LogP contribution in [0, 0.1) is 6.92 Å². The molecule has 10 heteroatoms. The first kappa shape index (κ1) is 28.9. The van der Waals surface area contributed by atoms with Gasteiger partial charge in [0.15, 0.2) is 5.82 Å². The summed E-state index contributed by atoms with van der Waals surface area (Å²) in [5, 5.41) is 0. The van der Waals surface area contributed by atoms with Crippen molar-refractivity contribution in [1.82, 2.24) is 14.9 Å². The topological polar surface area (TPSA) is 67.8 Å². The summed E-state index contributed by atoms with van der Waals surface area (Å²) in [7, 11) is 3.07. The van der Waals surface area contributed by atoms with Crippen molar-refractivity contribution in [3.05, 3.63) is 101 Å². The Morgan fingerprint density at radius 3 is 2.14 bits per heavy atom. The zero-order chi connectivity index (χ0) is 29.9. The lowest BCUT2D eigenvalue weighted by Gasteiger charge is -2.36. The molecule has 5 rings (SSSR count). The van der Waals surface area contributed by atoms with Gasteiger partial charge in [0.05, 0.1) is 19.8 Å². The van der Waals surface area contributed by atoms with E-state index in [4.69, 9.17) is 14.5 Å². The van der Waals surface area contributed by atoms with Gasteiger partial charge in [0.25, 0.3) is 5.91 Å². The summed E-state index contributed by atoms with van der Waals surface area (Å²) in [6.45, 7) is 3.72. The van der Waals surface area contributed by atoms with Gasteiger partial charge in [-0.15, -0.1) is 0 Å². The molecule has 1 fully saturated rings. The number of alkyl halides is 3. The van der Waals surface area contributed by atoms with Gasteiger partial charge >= 0.3 is 6.18 Å². The van der Waals surface area contributed by atoms with Gasteiger partial charge in [-0.25, -0.2) is 9.97 Å². The van der Waals surface area contributed by atoms with Crippen LogP contribution in [0.15, 0.2) is 72.8 Å². The molecular weight excluding hydrogens is 545 g/mol. The molecule has 1 aliphatic heterocycles. The Labute approximate surface area is 242 Å². The minimum atomic E-state index is -4.48. The molecule has 0 bridgehead atoms. The summed E-state index contributed by atoms with van der Waals surface area (Å²) < 4.78 is 51.0. The number of hydrogen-bond acceptors (Lipinski definition) is 6. The van der Waals surface area contributed by atoms with Gasteiger partial charge in [0, 0.05) is 61.1 Å². The summed E-state index contributed by atoms with van der Waals surface area (Å²) in [5.74, 6) is 1.81. The lowest BCUT2D eigenvalue weighted by molar-refractivity contribution is -0.137. The summed E-state index contributed by atoms with van der Waals surface area (Å²) in [5.41, 5.74) is 2.67. The van der Waals surface area contributed by atoms with Crippen molar-refractivity contribution in [3.8, 4) is 22.9 Å². The van der Waals surface area contributed by atoms with Crippen LogP contribution < -0.4 is 14.4 Å². The Balaban J connectivity index is 1.45. The van der Waals surface area contributed by atoms with Gasteiger partial charge in [-0.1, -0.05) is 42.5 Å². The summed E-state index contributed by atoms with van der Waals surface area (Å²) in [6.07, 6.45) is -3.91. The third-order valence-corrected chi connectivity index (χ3v) is 7.33. The molecule has 1 saturated heterocycles. The number of nitrogens with zero attached hydrogens (tertiary/aromatic N) is 4. The Kier molecular flexibility index (Phi) is 8.33. The Morgan fingerprint density at radius 2 is 1.52 bits per heavy atom. The Morgan fingerprint density at radius 1 is 0.857 bits per heavy atom. The number of carbonyl (C=O) groups excluding carboxylic acids is 1. The first-order chi connectivity index (χ1) is 20.2. The van der Waals surface area contributed by atoms with E-state index in [9.17, 15) is 18.0 Å². The van der Waals surface area contributed by atoms with Crippen LogP contribution in [-0.2, 0) is 12.6 Å². The number of amides is 1. The molecule has 1 amide bonds. The van der Waals surface area contributed by atoms with E-state index in [1.54, 1.807) is 29.2 Å². The van der Waals surface area contributed by atoms with Crippen LogP contribution >= 0.6 is 0 Å². The van der Waals surface area contributed by atoms with Gasteiger partial charge in [-0.05, 0) is 36.8 Å². The van der Waals surface area contributed by atoms with Crippen molar-refractivity contribution < 1.29 is 27.4 Å². The fourth-order valence-corrected chi connectivity index (χ4v) is 5.05. The van der Waals surface area contributed by atoms with Crippen molar-refractivity contribution in [1.29, 1.82) is 0 Å². The molecule has 2 heterocycles. The number of halogens is 3. The molecule has 0 spiro atoms. The SMILES string of the molecule is COc1cc(OC)cc(C(=O)N2CCN(c3nc(-c4cccc(C(F)(F)F)c4)nc(C)c3Cc3ccccc3)CC2)c1. The molecule has 1 aliphatic rings. The molecule has 0 unspecified atom stereocenters. The van der Waals surface area contributed by atoms with E-state index in [2.05, 4.69) is 9.88 Å². The molecule has 1 aromatic heterocycles. The number of rotatable bonds is 7. The van der Waals surface area contributed by atoms with Crippen LogP contribution in [0.3, 0.4) is 0 Å². The number of aromatic nitrogens is 2. The van der Waals surface area contributed by atoms with Crippen LogP contribution in [-0.4, -0.2) is 61.2 Å². The van der Waals surface area contributed by atoms with Crippen LogP contribution in [0.4, 0.5) is 19.0 Å². The monoisotopic (exact) mass is 576 g/mol. The normalized spacial score (nSPS) is 13.7. The largest absolute Gasteiger partial charge is 0.497 e. The molecule has 3 aromatic carbocycles. The van der Waals surface area contributed by atoms with Gasteiger partial charge in [0.1, 0.15) is 17.3 Å². The van der Waals surface area contributed by atoms with Crippen molar-refractivity contribution in [2.24, 2.45) is 0 Å². The van der Waals surface area contributed by atoms with Gasteiger partial charge in [0.2, 0.25) is 0 Å². The zero-order valence-electron chi connectivity index (χ0n) is 23.6. The number of ether oxygens (including phenoxy) is 2. The number of aryl methyl sites for hydroxylation is 1. The highest BCUT2D eigenvalue weighted by Gasteiger charge is 2.31. The van der Waals surface area contributed by atoms with E-state index in [1.807, 2.05) is 37.3 Å². The molecule has 4 aromatic rings. The first-order valence-corrected chi connectivity index (χ1v) is 13.5. The predicted molar refractivity (Wildman–Crippen MR) is 154 cm³/mol. The third kappa shape index (κ3) is 6.32. The number of anilines is 1. The van der Waals surface area contributed by atoms with Gasteiger partial charge in [-0.3, -0.25) is 4.79 Å². The van der Waals surface area contributed by atoms with E-state index in [-0.39, 0.29) is 11.7 Å². The molecule has 0 aliphatic carbocycles. The number of piperazine rings is 1. The Hall–Kier alpha value is -4.60. The number of hydrogen-bond donors (Lipinski definition) is 0. The summed E-state index contributed by atoms with van der Waals surface area (Å²) >= 11 is 0. The quantitative estimate of drug-likeness (QED) is 0.267. The highest BCUT2D eigenvalue weighted by Crippen LogP contribution is 2.33. The first-order valence-electron chi connectivity index (χ1n) is 13.5. The molecular formula is C32H31F3N4O3. The number of methoxy groups -OCH3 is 2. The van der Waals surface area contributed by atoms with Crippen LogP contribution in [0.25, 0.3) is 11.4 Å². The maximum atomic E-state index is 13.5. The second-order valence-electron chi connectivity index (χ2n) is 10.1. The minimum Gasteiger partial charge on any atom is -0.497 e. The van der Waals surface area contributed by atoms with Crippen LogP contribution in [0.2, 0.25) is 0 Å². The van der Waals surface area contributed by atoms with E-state index >= 15 is 0 Å². The molecule has 0 radical (unpaired) electrons. The molecule has 7 nitrogen and oxygen atoms in total. The van der Waals surface area contributed by atoms with Crippen LogP contribution in [0.1, 0.15) is 32.7 Å². The highest BCUT2D eigenvalue weighted by molar-refractivity contribution is 5.95. The minimum absolute atomic E-state index is 0.139. The second-order valence-corrected chi connectivity index (χ2v) is 10.1. The van der Waals surface area contributed by atoms with Crippen molar-refractivity contribution in [2.75, 3.05) is 45.3 Å². The summed E-state index contributed by atoms with van der Waals surface area (Å²) in [6, 6.07) is 20.0. The standard InChI is InChI=1S/C32H31F3N4O3/c1-21-28(16-22-8-5-4-6-9-22)30(37-29(36-21)23-10-7-11-25(17-23)32(33,34)35)38-12-14-39(15-13-38)31(40)24-18-26(41-2)20-27(19-24)42-3/h4-11,17-20H,12-16H2,1-3H3. The third-order valence-electron chi connectivity index (χ3n) is 7.33. The maximum Gasteiger partial charge on any atom is 0.416 e. The lowest BCUT2D eigenvalue weighted by Crippen LogP contribution is -2.49. The van der Waals surface area contributed by atoms with E-state index in [0.717, 1.165) is 23.3 Å². The fraction of sp³-hybridized carbons (Fsp3) is 0.281. The summed E-state index contributed by atoms with van der Waals surface area (Å²) in [4.78, 5) is 26.7. The number of carbonyl (C=O) groups is 1. The molecule has 218 valence electrons. The molecule has 42 heavy (non-hydrogen) atoms. The maximum absolute atomic E-state index is 13.5. The average molecular weight is 577 g/mol. The van der Waals surface area contributed by atoms with E-state index in [0.29, 0.717) is 66.7 Å². The fourth-order valence-electron chi connectivity index (χ4n) is 5.05. The lowest BCUT2D eigenvalue weighted by atomic mass is 10.0. The molecule has 0 atom stereocenters. The van der Waals surface area contributed by atoms with Crippen molar-refractivity contribution in [3.63, 3.8) is 0 Å². The molecule has 0 N–H and O–H groups in total. The van der Waals surface area contributed by atoms with Crippen molar-refractivity contribution >= 4 is 11.7 Å². The number of benzene rings is 3. The zero-order valence-corrected chi connectivity index (χ0v) is 23.6. The average Bonchev–Trinajstić information content (AvgIpc) is 3.01. The van der Waals surface area contributed by atoms with Gasteiger partial charge in [-0.2, -0.15) is 13.2 Å². The van der Waals surface area contributed by atoms with Crippen LogP contribution in [0.5, 0.6) is 11.5 Å². The predicted octanol–water partition coefficient (Wildman–Crippen LogP) is 6.04. The van der Waals surface area contributed by atoms with E-state index < -0.39 is 11.7 Å². The van der Waals surface area contributed by atoms with E-state index in [1.165, 1.54) is 20.3 Å². The Bertz CT molecular complexity index is 1550.